The quantitative estimate of drug-likeness (QED) is 0.732. The van der Waals surface area contributed by atoms with Crippen LogP contribution in [0.2, 0.25) is 0 Å². The number of nitrogens with two attached hydrogens (primary N) is 1. The third-order valence-corrected chi connectivity index (χ3v) is 4.16. The number of nitrogen functional groups attached to an aromatic ring is 1. The molecule has 1 aromatic heterocycles. The zero-order valence-electron chi connectivity index (χ0n) is 11.8. The zero-order chi connectivity index (χ0) is 14.4. The topological polar surface area (TPSA) is 61.3 Å². The first kappa shape index (κ1) is 12.3. The van der Waals surface area contributed by atoms with E-state index in [4.69, 9.17) is 15.0 Å². The molecule has 3 aromatic rings. The Bertz CT molecular complexity index is 809. The van der Waals surface area contributed by atoms with Crippen molar-refractivity contribution in [3.05, 3.63) is 42.0 Å². The molecule has 1 atom stereocenters. The van der Waals surface area contributed by atoms with Gasteiger partial charge in [-0.05, 0) is 29.5 Å². The Morgan fingerprint density at radius 3 is 2.86 bits per heavy atom. The second-order valence-electron chi connectivity index (χ2n) is 5.51. The van der Waals surface area contributed by atoms with E-state index in [1.165, 1.54) is 5.56 Å². The molecular weight excluding hydrogens is 264 g/mol. The van der Waals surface area contributed by atoms with Crippen LogP contribution in [-0.4, -0.2) is 11.8 Å². The molecule has 0 aliphatic carbocycles. The van der Waals surface area contributed by atoms with Gasteiger partial charge in [0.1, 0.15) is 11.1 Å². The number of nitrogens with zero attached hydrogens (tertiary/aromatic N) is 1. The lowest BCUT2D eigenvalue weighted by molar-refractivity contribution is 0.276. The first-order chi connectivity index (χ1) is 10.3. The van der Waals surface area contributed by atoms with E-state index >= 15 is 0 Å². The first-order valence-corrected chi connectivity index (χ1v) is 7.15. The molecule has 0 amide bonds. The average molecular weight is 280 g/mol. The van der Waals surface area contributed by atoms with Crippen LogP contribution < -0.4 is 10.5 Å². The number of aromatic nitrogens is 1. The molecule has 0 radical (unpaired) electrons. The number of benzene rings is 2. The van der Waals surface area contributed by atoms with E-state index in [1.54, 1.807) is 0 Å². The summed E-state index contributed by atoms with van der Waals surface area (Å²) in [7, 11) is 0. The number of hydrogen-bond acceptors (Lipinski definition) is 4. The van der Waals surface area contributed by atoms with Crippen LogP contribution in [0.3, 0.4) is 0 Å². The lowest BCUT2D eigenvalue weighted by Crippen LogP contribution is -2.13. The van der Waals surface area contributed by atoms with E-state index in [1.807, 2.05) is 24.3 Å². The molecule has 0 bridgehead atoms. The summed E-state index contributed by atoms with van der Waals surface area (Å²) >= 11 is 0. The minimum absolute atomic E-state index is 0.398. The van der Waals surface area contributed by atoms with Crippen LogP contribution in [0.25, 0.3) is 22.1 Å². The number of anilines is 1. The summed E-state index contributed by atoms with van der Waals surface area (Å²) in [6.45, 7) is 2.93. The van der Waals surface area contributed by atoms with Crippen LogP contribution >= 0.6 is 0 Å². The van der Waals surface area contributed by atoms with Gasteiger partial charge in [0.15, 0.2) is 11.4 Å². The number of fused-ring (bicyclic) bond motifs is 3. The lowest BCUT2D eigenvalue weighted by atomic mass is 9.86. The van der Waals surface area contributed by atoms with Crippen LogP contribution in [-0.2, 0) is 0 Å². The average Bonchev–Trinajstić information content (AvgIpc) is 2.89. The fourth-order valence-electron chi connectivity index (χ4n) is 3.09. The van der Waals surface area contributed by atoms with Gasteiger partial charge in [-0.1, -0.05) is 42.4 Å². The maximum atomic E-state index is 5.95. The van der Waals surface area contributed by atoms with E-state index in [0.29, 0.717) is 23.9 Å². The minimum atomic E-state index is 0.398. The van der Waals surface area contributed by atoms with E-state index in [2.05, 4.69) is 24.2 Å². The molecule has 2 aromatic carbocycles. The maximum absolute atomic E-state index is 5.95. The highest BCUT2D eigenvalue weighted by Gasteiger charge is 2.27. The van der Waals surface area contributed by atoms with Gasteiger partial charge in [-0.2, -0.15) is 0 Å². The van der Waals surface area contributed by atoms with Crippen LogP contribution in [0.5, 0.6) is 5.75 Å². The smallest absolute Gasteiger partial charge is 0.178 e. The highest BCUT2D eigenvalue weighted by molar-refractivity contribution is 5.98. The van der Waals surface area contributed by atoms with E-state index < -0.39 is 0 Å². The molecule has 106 valence electrons. The van der Waals surface area contributed by atoms with Gasteiger partial charge < -0.3 is 15.0 Å². The molecule has 4 heteroatoms. The normalized spacial score (nSPS) is 17.5. The Kier molecular flexibility index (Phi) is 2.64. The summed E-state index contributed by atoms with van der Waals surface area (Å²) in [6.07, 6.45) is 1.00. The van der Waals surface area contributed by atoms with Gasteiger partial charge in [0, 0.05) is 5.56 Å². The van der Waals surface area contributed by atoms with Crippen molar-refractivity contribution in [3.8, 4) is 16.9 Å². The fraction of sp³-hybridized carbons (Fsp3) is 0.235. The Labute approximate surface area is 122 Å². The molecule has 2 heterocycles. The third kappa shape index (κ3) is 1.79. The van der Waals surface area contributed by atoms with Gasteiger partial charge >= 0.3 is 0 Å². The van der Waals surface area contributed by atoms with E-state index in [-0.39, 0.29) is 0 Å². The molecule has 1 aliphatic rings. The van der Waals surface area contributed by atoms with Crippen molar-refractivity contribution in [2.24, 2.45) is 0 Å². The highest BCUT2D eigenvalue weighted by atomic mass is 16.5. The van der Waals surface area contributed by atoms with E-state index in [0.717, 1.165) is 28.7 Å². The van der Waals surface area contributed by atoms with Crippen molar-refractivity contribution in [2.45, 2.75) is 19.3 Å². The molecule has 0 spiro atoms. The van der Waals surface area contributed by atoms with Gasteiger partial charge in [0.2, 0.25) is 0 Å². The Morgan fingerprint density at radius 1 is 1.24 bits per heavy atom. The van der Waals surface area contributed by atoms with Gasteiger partial charge in [0.25, 0.3) is 0 Å². The minimum Gasteiger partial charge on any atom is -0.492 e. The largest absolute Gasteiger partial charge is 0.492 e. The Hall–Kier alpha value is -2.49. The number of ether oxygens (including phenoxy) is 1. The molecule has 0 fully saturated rings. The van der Waals surface area contributed by atoms with Gasteiger partial charge in [-0.15, -0.1) is 0 Å². The van der Waals surface area contributed by atoms with Crippen molar-refractivity contribution in [1.82, 2.24) is 5.16 Å². The van der Waals surface area contributed by atoms with Crippen molar-refractivity contribution in [3.63, 3.8) is 0 Å². The maximum Gasteiger partial charge on any atom is 0.178 e. The molecule has 1 aliphatic heterocycles. The summed E-state index contributed by atoms with van der Waals surface area (Å²) < 4.78 is 11.3. The molecule has 4 nitrogen and oxygen atoms in total. The second kappa shape index (κ2) is 4.52. The summed E-state index contributed by atoms with van der Waals surface area (Å²) in [5, 5.41) is 4.69. The zero-order valence-corrected chi connectivity index (χ0v) is 11.8. The summed E-state index contributed by atoms with van der Waals surface area (Å²) in [6, 6.07) is 12.3. The first-order valence-electron chi connectivity index (χ1n) is 7.15. The predicted molar refractivity (Wildman–Crippen MR) is 82.4 cm³/mol. The van der Waals surface area contributed by atoms with Crippen molar-refractivity contribution in [2.75, 3.05) is 12.3 Å². The summed E-state index contributed by atoms with van der Waals surface area (Å²) in [4.78, 5) is 0. The molecule has 2 N–H and O–H groups in total. The van der Waals surface area contributed by atoms with Crippen LogP contribution in [0.4, 0.5) is 5.82 Å². The van der Waals surface area contributed by atoms with Gasteiger partial charge in [0.05, 0.1) is 6.61 Å². The van der Waals surface area contributed by atoms with Crippen LogP contribution in [0.1, 0.15) is 24.8 Å². The van der Waals surface area contributed by atoms with E-state index in [9.17, 15) is 0 Å². The van der Waals surface area contributed by atoms with Crippen molar-refractivity contribution < 1.29 is 9.26 Å². The Morgan fingerprint density at radius 2 is 2.05 bits per heavy atom. The highest BCUT2D eigenvalue weighted by Crippen LogP contribution is 2.46. The molecule has 0 saturated carbocycles. The van der Waals surface area contributed by atoms with Crippen LogP contribution in [0.15, 0.2) is 40.9 Å². The lowest BCUT2D eigenvalue weighted by Gasteiger charge is -2.26. The molecular formula is C17H16N2O2. The van der Waals surface area contributed by atoms with Crippen molar-refractivity contribution in [1.29, 1.82) is 0 Å². The molecule has 1 unspecified atom stereocenters. The standard InChI is InChI=1S/C17H16N2O2/c1-10-7-8-20-16-14(10)12(11-5-3-2-4-6-11)9-13-15(16)17(18)19-21-13/h2-6,9-10H,7-8H2,1H3,(H2,18,19). The van der Waals surface area contributed by atoms with Gasteiger partial charge in [-0.3, -0.25) is 0 Å². The van der Waals surface area contributed by atoms with Crippen molar-refractivity contribution >= 4 is 16.8 Å². The molecule has 0 saturated heterocycles. The third-order valence-electron chi connectivity index (χ3n) is 4.16. The Balaban J connectivity index is 2.09. The molecule has 4 rings (SSSR count). The summed E-state index contributed by atoms with van der Waals surface area (Å²) in [5.74, 6) is 1.65. The second-order valence-corrected chi connectivity index (χ2v) is 5.51. The molecule has 21 heavy (non-hydrogen) atoms. The number of hydrogen-bond donors (Lipinski definition) is 1. The van der Waals surface area contributed by atoms with Gasteiger partial charge in [-0.25, -0.2) is 0 Å². The fourth-order valence-corrected chi connectivity index (χ4v) is 3.09. The SMILES string of the molecule is CC1CCOc2c1c(-c1ccccc1)cc1onc(N)c21. The predicted octanol–water partition coefficient (Wildman–Crippen LogP) is 3.96. The van der Waals surface area contributed by atoms with Crippen LogP contribution in [0, 0.1) is 0 Å². The summed E-state index contributed by atoms with van der Waals surface area (Å²) in [5.41, 5.74) is 10.1. The monoisotopic (exact) mass is 280 g/mol. The number of rotatable bonds is 1.